The molecule has 0 saturated heterocycles. The molecule has 2 fully saturated rings. The molecular formula is C25H43N3O6S. The molecule has 0 aromatic rings. The van der Waals surface area contributed by atoms with Crippen LogP contribution < -0.4 is 0 Å². The molecule has 1 N–H and O–H groups in total. The zero-order valence-corrected chi connectivity index (χ0v) is 22.4. The number of esters is 1. The van der Waals surface area contributed by atoms with Crippen LogP contribution in [0.25, 0.3) is 0 Å². The van der Waals surface area contributed by atoms with Crippen molar-refractivity contribution in [3.63, 3.8) is 0 Å². The molecule has 0 heterocycles. The second-order valence-electron chi connectivity index (χ2n) is 10.1. The van der Waals surface area contributed by atoms with E-state index in [-0.39, 0.29) is 30.3 Å². The monoisotopic (exact) mass is 513 g/mol. The Morgan fingerprint density at radius 3 is 1.89 bits per heavy atom. The second-order valence-corrected chi connectivity index (χ2v) is 10.5. The average molecular weight is 514 g/mol. The molecule has 2 amide bonds. The summed E-state index contributed by atoms with van der Waals surface area (Å²) in [6.07, 6.45) is 11.0. The van der Waals surface area contributed by atoms with Crippen LogP contribution in [-0.4, -0.2) is 101 Å². The van der Waals surface area contributed by atoms with Gasteiger partial charge in [0.2, 0.25) is 5.91 Å². The Hall–Kier alpha value is -1.81. The van der Waals surface area contributed by atoms with Crippen LogP contribution in [0.15, 0.2) is 0 Å². The summed E-state index contributed by atoms with van der Waals surface area (Å²) in [7, 11) is 3.13. The van der Waals surface area contributed by atoms with Gasteiger partial charge in [-0.05, 0) is 25.7 Å². The fourth-order valence-corrected chi connectivity index (χ4v) is 5.28. The molecule has 0 unspecified atom stereocenters. The first-order chi connectivity index (χ1) is 16.6. The number of carbonyl (C=O) groups excluding carboxylic acids is 3. The van der Waals surface area contributed by atoms with Gasteiger partial charge in [-0.25, -0.2) is 4.79 Å². The predicted molar refractivity (Wildman–Crippen MR) is 136 cm³/mol. The topological polar surface area (TPSA) is 107 Å². The third-order valence-corrected chi connectivity index (χ3v) is 7.79. The minimum Gasteiger partial charge on any atom is -0.480 e. The molecule has 0 radical (unpaired) electrons. The Morgan fingerprint density at radius 1 is 0.943 bits per heavy atom. The standard InChI is InChI=1S/C25H43N3O6S/c1-18(17-35)24(32)28(15-23(30)31)21(25(33)34-16-22(29)26(2)3)14-27(19-10-6-4-7-11-19)20-12-8-5-9-13-20/h18-21,35H,4-17H2,1-3H3,(H,30,31)/t18-,21+/m1/s1. The van der Waals surface area contributed by atoms with Crippen molar-refractivity contribution in [3.8, 4) is 0 Å². The van der Waals surface area contributed by atoms with E-state index >= 15 is 0 Å². The van der Waals surface area contributed by atoms with Gasteiger partial charge in [0.25, 0.3) is 5.91 Å². The predicted octanol–water partition coefficient (Wildman–Crippen LogP) is 2.43. The number of nitrogens with zero attached hydrogens (tertiary/aromatic N) is 3. The molecule has 2 saturated carbocycles. The fraction of sp³-hybridized carbons (Fsp3) is 0.840. The van der Waals surface area contributed by atoms with Crippen LogP contribution >= 0.6 is 12.6 Å². The average Bonchev–Trinajstić information content (AvgIpc) is 2.86. The van der Waals surface area contributed by atoms with E-state index < -0.39 is 43.0 Å². The molecule has 2 aliphatic rings. The summed E-state index contributed by atoms with van der Waals surface area (Å²) in [5.74, 6) is -3.10. The molecule has 0 aromatic carbocycles. The molecule has 0 bridgehead atoms. The van der Waals surface area contributed by atoms with Gasteiger partial charge in [-0.2, -0.15) is 12.6 Å². The number of carbonyl (C=O) groups is 4. The van der Waals surface area contributed by atoms with E-state index in [0.717, 1.165) is 56.3 Å². The molecule has 0 spiro atoms. The molecular weight excluding hydrogens is 470 g/mol. The minimum absolute atomic E-state index is 0.211. The zero-order chi connectivity index (χ0) is 26.0. The highest BCUT2D eigenvalue weighted by molar-refractivity contribution is 7.80. The number of hydrogen-bond acceptors (Lipinski definition) is 7. The summed E-state index contributed by atoms with van der Waals surface area (Å²) < 4.78 is 5.37. The van der Waals surface area contributed by atoms with Crippen LogP contribution in [0.2, 0.25) is 0 Å². The lowest BCUT2D eigenvalue weighted by Gasteiger charge is -2.44. The van der Waals surface area contributed by atoms with Crippen molar-refractivity contribution < 1.29 is 29.0 Å². The lowest BCUT2D eigenvalue weighted by molar-refractivity contribution is -0.163. The maximum absolute atomic E-state index is 13.4. The molecule has 0 aliphatic heterocycles. The Balaban J connectivity index is 2.38. The van der Waals surface area contributed by atoms with Crippen LogP contribution in [0.1, 0.15) is 71.1 Å². The van der Waals surface area contributed by atoms with Crippen molar-refractivity contribution in [1.82, 2.24) is 14.7 Å². The van der Waals surface area contributed by atoms with E-state index in [9.17, 15) is 24.3 Å². The molecule has 0 aromatic heterocycles. The number of amides is 2. The summed E-state index contributed by atoms with van der Waals surface area (Å²) in [6, 6.07) is -0.538. The lowest BCUT2D eigenvalue weighted by atomic mass is 9.88. The van der Waals surface area contributed by atoms with Gasteiger partial charge in [-0.3, -0.25) is 19.3 Å². The maximum Gasteiger partial charge on any atom is 0.330 e. The van der Waals surface area contributed by atoms with Crippen molar-refractivity contribution in [2.24, 2.45) is 5.92 Å². The highest BCUT2D eigenvalue weighted by Gasteiger charge is 2.39. The Morgan fingerprint density at radius 2 is 1.46 bits per heavy atom. The van der Waals surface area contributed by atoms with Gasteiger partial charge in [-0.15, -0.1) is 0 Å². The first-order valence-electron chi connectivity index (χ1n) is 12.9. The number of aliphatic carboxylic acids is 1. The van der Waals surface area contributed by atoms with Crippen LogP contribution in [-0.2, 0) is 23.9 Å². The maximum atomic E-state index is 13.4. The largest absolute Gasteiger partial charge is 0.480 e. The van der Waals surface area contributed by atoms with E-state index in [1.54, 1.807) is 21.0 Å². The molecule has 200 valence electrons. The van der Waals surface area contributed by atoms with Crippen molar-refractivity contribution in [1.29, 1.82) is 0 Å². The van der Waals surface area contributed by atoms with Crippen LogP contribution in [0.5, 0.6) is 0 Å². The summed E-state index contributed by atoms with van der Waals surface area (Å²) in [4.78, 5) is 55.3. The molecule has 2 aliphatic carbocycles. The molecule has 2 atom stereocenters. The summed E-state index contributed by atoms with van der Waals surface area (Å²) in [5.41, 5.74) is 0. The molecule has 10 heteroatoms. The van der Waals surface area contributed by atoms with Crippen molar-refractivity contribution in [2.75, 3.05) is 39.5 Å². The van der Waals surface area contributed by atoms with Crippen molar-refractivity contribution >= 4 is 36.4 Å². The number of hydrogen-bond donors (Lipinski definition) is 2. The van der Waals surface area contributed by atoms with E-state index in [1.165, 1.54) is 17.7 Å². The van der Waals surface area contributed by atoms with E-state index in [2.05, 4.69) is 17.5 Å². The minimum atomic E-state index is -1.20. The highest BCUT2D eigenvalue weighted by atomic mass is 32.1. The van der Waals surface area contributed by atoms with Gasteiger partial charge >= 0.3 is 11.9 Å². The summed E-state index contributed by atoms with van der Waals surface area (Å²) in [6.45, 7) is 0.818. The number of ether oxygens (including phenoxy) is 1. The summed E-state index contributed by atoms with van der Waals surface area (Å²) >= 11 is 4.22. The van der Waals surface area contributed by atoms with Gasteiger partial charge < -0.3 is 19.6 Å². The SMILES string of the molecule is C[C@H](CS)C(=O)N(CC(=O)O)[C@@H](CN(C1CCCCC1)C1CCCCC1)C(=O)OCC(=O)N(C)C. The smallest absolute Gasteiger partial charge is 0.330 e. The Kier molecular flexibility index (Phi) is 12.3. The zero-order valence-electron chi connectivity index (χ0n) is 21.5. The van der Waals surface area contributed by atoms with Gasteiger partial charge in [0.05, 0.1) is 0 Å². The lowest BCUT2D eigenvalue weighted by Crippen LogP contribution is -2.58. The molecule has 35 heavy (non-hydrogen) atoms. The summed E-state index contributed by atoms with van der Waals surface area (Å²) in [5, 5.41) is 9.60. The van der Waals surface area contributed by atoms with Crippen molar-refractivity contribution in [3.05, 3.63) is 0 Å². The Bertz CT molecular complexity index is 704. The van der Waals surface area contributed by atoms with Crippen LogP contribution in [0, 0.1) is 5.92 Å². The van der Waals surface area contributed by atoms with E-state index in [1.807, 2.05) is 0 Å². The first-order valence-corrected chi connectivity index (χ1v) is 13.5. The molecule has 2 rings (SSSR count). The number of thiol groups is 1. The van der Waals surface area contributed by atoms with Gasteiger partial charge in [0.15, 0.2) is 6.61 Å². The first kappa shape index (κ1) is 29.4. The Labute approximate surface area is 214 Å². The van der Waals surface area contributed by atoms with E-state index in [4.69, 9.17) is 4.74 Å². The normalized spacial score (nSPS) is 19.1. The third kappa shape index (κ3) is 8.97. The third-order valence-electron chi connectivity index (χ3n) is 7.24. The molecule has 9 nitrogen and oxygen atoms in total. The van der Waals surface area contributed by atoms with Gasteiger partial charge in [-0.1, -0.05) is 45.4 Å². The van der Waals surface area contributed by atoms with Gasteiger partial charge in [0, 0.05) is 44.4 Å². The highest BCUT2D eigenvalue weighted by Crippen LogP contribution is 2.31. The number of likely N-dealkylation sites (N-methyl/N-ethyl adjacent to an activating group) is 1. The number of carboxylic acid groups (broad SMARTS) is 1. The quantitative estimate of drug-likeness (QED) is 0.305. The number of carboxylic acids is 1. The van der Waals surface area contributed by atoms with Crippen LogP contribution in [0.4, 0.5) is 0 Å². The van der Waals surface area contributed by atoms with Crippen LogP contribution in [0.3, 0.4) is 0 Å². The van der Waals surface area contributed by atoms with Gasteiger partial charge in [0.1, 0.15) is 12.6 Å². The van der Waals surface area contributed by atoms with Crippen molar-refractivity contribution in [2.45, 2.75) is 89.3 Å². The number of rotatable bonds is 12. The van der Waals surface area contributed by atoms with E-state index in [0.29, 0.717) is 0 Å². The second kappa shape index (κ2) is 14.7. The fourth-order valence-electron chi connectivity index (χ4n) is 5.13.